The van der Waals surface area contributed by atoms with Crippen LogP contribution in [-0.2, 0) is 11.3 Å². The summed E-state index contributed by atoms with van der Waals surface area (Å²) in [6, 6.07) is 0. The predicted molar refractivity (Wildman–Crippen MR) is 52.9 cm³/mol. The Morgan fingerprint density at radius 3 is 2.71 bits per heavy atom. The molecule has 0 amide bonds. The van der Waals surface area contributed by atoms with Crippen molar-refractivity contribution in [1.82, 2.24) is 15.2 Å². The topological polar surface area (TPSA) is 50.8 Å². The molecule has 0 atom stereocenters. The van der Waals surface area contributed by atoms with Crippen LogP contribution in [0.3, 0.4) is 0 Å². The van der Waals surface area contributed by atoms with Crippen molar-refractivity contribution in [2.24, 2.45) is 0 Å². The second-order valence-corrected chi connectivity index (χ2v) is 4.82. The molecule has 0 radical (unpaired) electrons. The van der Waals surface area contributed by atoms with Gasteiger partial charge in [0.15, 0.2) is 11.6 Å². The Morgan fingerprint density at radius 2 is 2.14 bits per heavy atom. The SMILES string of the molecule is CC(C)(C)OCc1nc(C2CC2)n[nH]1. The van der Waals surface area contributed by atoms with Crippen LogP contribution in [0.5, 0.6) is 0 Å². The van der Waals surface area contributed by atoms with Crippen LogP contribution in [0.2, 0.25) is 0 Å². The minimum atomic E-state index is -0.119. The van der Waals surface area contributed by atoms with Gasteiger partial charge >= 0.3 is 0 Å². The van der Waals surface area contributed by atoms with Crippen LogP contribution >= 0.6 is 0 Å². The van der Waals surface area contributed by atoms with Gasteiger partial charge in [-0.05, 0) is 33.6 Å². The Kier molecular flexibility index (Phi) is 2.31. The molecule has 0 saturated heterocycles. The minimum Gasteiger partial charge on any atom is -0.368 e. The maximum absolute atomic E-state index is 5.60. The number of hydrogen-bond acceptors (Lipinski definition) is 3. The zero-order chi connectivity index (χ0) is 10.2. The number of ether oxygens (including phenoxy) is 1. The molecule has 14 heavy (non-hydrogen) atoms. The fourth-order valence-electron chi connectivity index (χ4n) is 1.18. The maximum Gasteiger partial charge on any atom is 0.153 e. The fourth-order valence-corrected chi connectivity index (χ4v) is 1.18. The van der Waals surface area contributed by atoms with Crippen LogP contribution in [0.1, 0.15) is 51.2 Å². The molecule has 1 fully saturated rings. The molecule has 0 spiro atoms. The largest absolute Gasteiger partial charge is 0.368 e. The molecule has 0 bridgehead atoms. The molecule has 2 rings (SSSR count). The molecule has 1 N–H and O–H groups in total. The van der Waals surface area contributed by atoms with Crippen molar-refractivity contribution in [3.63, 3.8) is 0 Å². The molecular weight excluding hydrogens is 178 g/mol. The monoisotopic (exact) mass is 195 g/mol. The Labute approximate surface area is 84.1 Å². The van der Waals surface area contributed by atoms with Crippen LogP contribution < -0.4 is 0 Å². The lowest BCUT2D eigenvalue weighted by Crippen LogP contribution is -2.19. The Hall–Kier alpha value is -0.900. The molecule has 1 heterocycles. The van der Waals surface area contributed by atoms with E-state index in [2.05, 4.69) is 15.2 Å². The smallest absolute Gasteiger partial charge is 0.153 e. The summed E-state index contributed by atoms with van der Waals surface area (Å²) >= 11 is 0. The molecular formula is C10H17N3O. The van der Waals surface area contributed by atoms with Gasteiger partial charge in [0.25, 0.3) is 0 Å². The van der Waals surface area contributed by atoms with Gasteiger partial charge in [0.2, 0.25) is 0 Å². The fraction of sp³-hybridized carbons (Fsp3) is 0.800. The lowest BCUT2D eigenvalue weighted by molar-refractivity contribution is -0.0180. The molecule has 1 aliphatic carbocycles. The quantitative estimate of drug-likeness (QED) is 0.802. The first-order valence-electron chi connectivity index (χ1n) is 5.10. The molecule has 1 saturated carbocycles. The molecule has 4 nitrogen and oxygen atoms in total. The van der Waals surface area contributed by atoms with E-state index in [0.717, 1.165) is 11.6 Å². The second-order valence-electron chi connectivity index (χ2n) is 4.82. The summed E-state index contributed by atoms with van der Waals surface area (Å²) in [5.41, 5.74) is -0.119. The van der Waals surface area contributed by atoms with E-state index in [1.165, 1.54) is 12.8 Å². The van der Waals surface area contributed by atoms with Gasteiger partial charge in [-0.25, -0.2) is 4.98 Å². The average molecular weight is 195 g/mol. The first-order chi connectivity index (χ1) is 6.54. The van der Waals surface area contributed by atoms with E-state index >= 15 is 0 Å². The third-order valence-electron chi connectivity index (χ3n) is 2.13. The molecule has 78 valence electrons. The van der Waals surface area contributed by atoms with E-state index in [1.54, 1.807) is 0 Å². The van der Waals surface area contributed by atoms with E-state index in [1.807, 2.05) is 20.8 Å². The van der Waals surface area contributed by atoms with Gasteiger partial charge in [0.1, 0.15) is 6.61 Å². The standard InChI is InChI=1S/C10H17N3O/c1-10(2,3)14-6-8-11-9(13-12-8)7-4-5-7/h7H,4-6H2,1-3H3,(H,11,12,13). The summed E-state index contributed by atoms with van der Waals surface area (Å²) in [5, 5.41) is 7.08. The molecule has 1 aromatic heterocycles. The number of nitrogens with one attached hydrogen (secondary N) is 1. The molecule has 0 aromatic carbocycles. The number of rotatable bonds is 3. The van der Waals surface area contributed by atoms with Crippen molar-refractivity contribution in [3.8, 4) is 0 Å². The van der Waals surface area contributed by atoms with E-state index < -0.39 is 0 Å². The van der Waals surface area contributed by atoms with Crippen molar-refractivity contribution in [2.75, 3.05) is 0 Å². The van der Waals surface area contributed by atoms with Crippen LogP contribution in [0, 0.1) is 0 Å². The summed E-state index contributed by atoms with van der Waals surface area (Å²) in [5.74, 6) is 2.40. The zero-order valence-corrected chi connectivity index (χ0v) is 9.00. The van der Waals surface area contributed by atoms with Crippen LogP contribution in [0.4, 0.5) is 0 Å². The molecule has 1 aromatic rings. The average Bonchev–Trinajstić information content (AvgIpc) is 2.81. The highest BCUT2D eigenvalue weighted by Crippen LogP contribution is 2.37. The number of aromatic nitrogens is 3. The first kappa shape index (κ1) is 9.65. The van der Waals surface area contributed by atoms with Gasteiger partial charge in [0, 0.05) is 5.92 Å². The van der Waals surface area contributed by atoms with Gasteiger partial charge < -0.3 is 4.74 Å². The van der Waals surface area contributed by atoms with Crippen LogP contribution in [0.25, 0.3) is 0 Å². The Balaban J connectivity index is 1.90. The molecule has 0 aliphatic heterocycles. The van der Waals surface area contributed by atoms with Crippen molar-refractivity contribution < 1.29 is 4.74 Å². The van der Waals surface area contributed by atoms with Gasteiger partial charge in [-0.1, -0.05) is 0 Å². The summed E-state index contributed by atoms with van der Waals surface area (Å²) < 4.78 is 5.60. The van der Waals surface area contributed by atoms with E-state index in [9.17, 15) is 0 Å². The molecule has 4 heteroatoms. The van der Waals surface area contributed by atoms with Crippen molar-refractivity contribution in [1.29, 1.82) is 0 Å². The number of aromatic amines is 1. The highest BCUT2D eigenvalue weighted by molar-refractivity contribution is 5.04. The zero-order valence-electron chi connectivity index (χ0n) is 9.00. The van der Waals surface area contributed by atoms with Crippen molar-refractivity contribution in [2.45, 2.75) is 51.7 Å². The van der Waals surface area contributed by atoms with Gasteiger partial charge in [-0.15, -0.1) is 0 Å². The number of nitrogens with zero attached hydrogens (tertiary/aromatic N) is 2. The maximum atomic E-state index is 5.60. The number of hydrogen-bond donors (Lipinski definition) is 1. The van der Waals surface area contributed by atoms with Crippen molar-refractivity contribution >= 4 is 0 Å². The highest BCUT2D eigenvalue weighted by atomic mass is 16.5. The highest BCUT2D eigenvalue weighted by Gasteiger charge is 2.27. The van der Waals surface area contributed by atoms with Crippen LogP contribution in [0.15, 0.2) is 0 Å². The normalized spacial score (nSPS) is 17.4. The second kappa shape index (κ2) is 3.35. The van der Waals surface area contributed by atoms with E-state index in [0.29, 0.717) is 12.5 Å². The molecule has 1 aliphatic rings. The van der Waals surface area contributed by atoms with Gasteiger partial charge in [-0.2, -0.15) is 5.10 Å². The minimum absolute atomic E-state index is 0.119. The molecule has 0 unspecified atom stereocenters. The summed E-state index contributed by atoms with van der Waals surface area (Å²) in [4.78, 5) is 4.38. The summed E-state index contributed by atoms with van der Waals surface area (Å²) in [7, 11) is 0. The first-order valence-corrected chi connectivity index (χ1v) is 5.10. The Bertz CT molecular complexity index is 309. The van der Waals surface area contributed by atoms with Gasteiger partial charge in [0.05, 0.1) is 5.60 Å². The third-order valence-corrected chi connectivity index (χ3v) is 2.13. The van der Waals surface area contributed by atoms with Gasteiger partial charge in [-0.3, -0.25) is 5.10 Å². The van der Waals surface area contributed by atoms with E-state index in [-0.39, 0.29) is 5.60 Å². The number of H-pyrrole nitrogens is 1. The lowest BCUT2D eigenvalue weighted by atomic mass is 10.2. The summed E-state index contributed by atoms with van der Waals surface area (Å²) in [6.45, 7) is 6.62. The Morgan fingerprint density at radius 1 is 1.43 bits per heavy atom. The lowest BCUT2D eigenvalue weighted by Gasteiger charge is -2.18. The van der Waals surface area contributed by atoms with Crippen LogP contribution in [-0.4, -0.2) is 20.8 Å². The predicted octanol–water partition coefficient (Wildman–Crippen LogP) is 2.00. The summed E-state index contributed by atoms with van der Waals surface area (Å²) in [6.07, 6.45) is 2.47. The van der Waals surface area contributed by atoms with Crippen molar-refractivity contribution in [3.05, 3.63) is 11.6 Å². The third kappa shape index (κ3) is 2.54. The van der Waals surface area contributed by atoms with E-state index in [4.69, 9.17) is 4.74 Å².